The topological polar surface area (TPSA) is 56.8 Å². The van der Waals surface area contributed by atoms with Gasteiger partial charge in [-0.25, -0.2) is 4.79 Å². The predicted octanol–water partition coefficient (Wildman–Crippen LogP) is 6.11. The van der Waals surface area contributed by atoms with E-state index < -0.39 is 12.3 Å². The van der Waals surface area contributed by atoms with Crippen LogP contribution in [0.5, 0.6) is 17.2 Å². The number of piperidine rings is 1. The molecule has 0 spiro atoms. The van der Waals surface area contributed by atoms with E-state index in [1.807, 2.05) is 6.92 Å². The molecule has 2 aromatic rings. The van der Waals surface area contributed by atoms with Crippen LogP contribution in [0.2, 0.25) is 0 Å². The molecule has 1 aliphatic rings. The Kier molecular flexibility index (Phi) is 8.01. The van der Waals surface area contributed by atoms with Crippen molar-refractivity contribution in [2.45, 2.75) is 58.4 Å². The molecule has 32 heavy (non-hydrogen) atoms. The number of rotatable bonds is 8. The van der Waals surface area contributed by atoms with E-state index in [-0.39, 0.29) is 34.4 Å². The summed E-state index contributed by atoms with van der Waals surface area (Å²) in [6.45, 7) is 4.45. The average Bonchev–Trinajstić information content (AvgIpc) is 2.76. The molecular formula is C24H28F3NO4. The Labute approximate surface area is 185 Å². The molecule has 3 rings (SSSR count). The van der Waals surface area contributed by atoms with Crippen molar-refractivity contribution in [2.24, 2.45) is 0 Å². The van der Waals surface area contributed by atoms with Crippen LogP contribution in [0.4, 0.5) is 13.2 Å². The van der Waals surface area contributed by atoms with Crippen molar-refractivity contribution in [3.05, 3.63) is 53.1 Å². The van der Waals surface area contributed by atoms with Crippen molar-refractivity contribution in [1.82, 2.24) is 5.32 Å². The molecule has 0 amide bonds. The summed E-state index contributed by atoms with van der Waals surface area (Å²) in [5, 5.41) is 3.25. The second kappa shape index (κ2) is 10.7. The summed E-state index contributed by atoms with van der Waals surface area (Å²) >= 11 is 0. The highest BCUT2D eigenvalue weighted by Gasteiger charge is 2.36. The minimum atomic E-state index is -4.90. The lowest BCUT2D eigenvalue weighted by Crippen LogP contribution is -2.29. The number of ether oxygens (including phenoxy) is 3. The van der Waals surface area contributed by atoms with Gasteiger partial charge in [-0.15, -0.1) is 13.2 Å². The van der Waals surface area contributed by atoms with Crippen LogP contribution in [0.1, 0.15) is 66.6 Å². The molecule has 174 valence electrons. The molecule has 1 unspecified atom stereocenters. The van der Waals surface area contributed by atoms with Gasteiger partial charge in [-0.05, 0) is 50.9 Å². The second-order valence-corrected chi connectivity index (χ2v) is 7.75. The van der Waals surface area contributed by atoms with Gasteiger partial charge in [-0.1, -0.05) is 38.0 Å². The molecule has 0 aromatic heterocycles. The third kappa shape index (κ3) is 6.16. The van der Waals surface area contributed by atoms with E-state index in [2.05, 4.69) is 10.1 Å². The van der Waals surface area contributed by atoms with E-state index >= 15 is 0 Å². The van der Waals surface area contributed by atoms with Gasteiger partial charge < -0.3 is 19.5 Å². The maximum Gasteiger partial charge on any atom is 0.573 e. The highest BCUT2D eigenvalue weighted by molar-refractivity contribution is 5.96. The summed E-state index contributed by atoms with van der Waals surface area (Å²) in [5.74, 6) is -0.684. The summed E-state index contributed by atoms with van der Waals surface area (Å²) in [4.78, 5) is 13.0. The van der Waals surface area contributed by atoms with E-state index in [0.29, 0.717) is 25.1 Å². The molecule has 1 heterocycles. The number of hydrogen-bond acceptors (Lipinski definition) is 5. The van der Waals surface area contributed by atoms with Crippen LogP contribution < -0.4 is 19.5 Å². The third-order valence-electron chi connectivity index (χ3n) is 5.33. The molecule has 1 atom stereocenters. The molecule has 8 heteroatoms. The first-order valence-corrected chi connectivity index (χ1v) is 10.9. The molecule has 2 aromatic carbocycles. The van der Waals surface area contributed by atoms with Gasteiger partial charge in [-0.3, -0.25) is 0 Å². The van der Waals surface area contributed by atoms with Crippen LogP contribution in [0.3, 0.4) is 0 Å². The molecule has 1 N–H and O–H groups in total. The van der Waals surface area contributed by atoms with E-state index in [1.165, 1.54) is 13.0 Å². The number of unbranched alkanes of at least 4 members (excludes halogenated alkanes) is 1. The summed E-state index contributed by atoms with van der Waals surface area (Å²) in [6.07, 6.45) is -0.799. The van der Waals surface area contributed by atoms with Gasteiger partial charge in [-0.2, -0.15) is 0 Å². The highest BCUT2D eigenvalue weighted by Crippen LogP contribution is 2.42. The lowest BCUT2D eigenvalue weighted by molar-refractivity contribution is -0.275. The smallest absolute Gasteiger partial charge is 0.493 e. The molecule has 0 radical (unpaired) electrons. The Morgan fingerprint density at radius 3 is 2.56 bits per heavy atom. The second-order valence-electron chi connectivity index (χ2n) is 7.75. The number of esters is 1. The first-order valence-electron chi connectivity index (χ1n) is 10.9. The normalized spacial score (nSPS) is 16.5. The van der Waals surface area contributed by atoms with Crippen molar-refractivity contribution < 1.29 is 32.2 Å². The predicted molar refractivity (Wildman–Crippen MR) is 114 cm³/mol. The molecule has 0 aliphatic carbocycles. The van der Waals surface area contributed by atoms with Crippen molar-refractivity contribution in [3.63, 3.8) is 0 Å². The van der Waals surface area contributed by atoms with Crippen LogP contribution in [0.25, 0.3) is 0 Å². The lowest BCUT2D eigenvalue weighted by atomic mass is 9.92. The summed E-state index contributed by atoms with van der Waals surface area (Å²) in [5.41, 5.74) is 0.311. The van der Waals surface area contributed by atoms with Crippen LogP contribution >= 0.6 is 0 Å². The van der Waals surface area contributed by atoms with Crippen molar-refractivity contribution >= 4 is 5.97 Å². The molecule has 0 bridgehead atoms. The van der Waals surface area contributed by atoms with Gasteiger partial charge in [0.05, 0.1) is 6.61 Å². The van der Waals surface area contributed by atoms with Gasteiger partial charge >= 0.3 is 12.3 Å². The molecule has 5 nitrogen and oxygen atoms in total. The Bertz CT molecular complexity index is 910. The Morgan fingerprint density at radius 2 is 1.94 bits per heavy atom. The number of carbonyl (C=O) groups is 1. The van der Waals surface area contributed by atoms with E-state index in [1.54, 1.807) is 30.3 Å². The molecule has 1 saturated heterocycles. The quantitative estimate of drug-likeness (QED) is 0.298. The standard InChI is InChI=1S/C24H28F3NO4/c1-3-4-14-30-20-15-18(19-12-8-9-13-28-19)22(32-24(25,26)27)16(2)21(20)23(29)31-17-10-6-5-7-11-17/h5-7,10-11,15,19,28H,3-4,8-9,12-14H2,1-2H3. The van der Waals surface area contributed by atoms with Crippen molar-refractivity contribution in [1.29, 1.82) is 0 Å². The van der Waals surface area contributed by atoms with Crippen LogP contribution in [-0.2, 0) is 0 Å². The number of carbonyl (C=O) groups excluding carboxylic acids is 1. The van der Waals surface area contributed by atoms with Gasteiger partial charge in [0, 0.05) is 17.2 Å². The minimum absolute atomic E-state index is 0.0413. The molecule has 1 aliphatic heterocycles. The largest absolute Gasteiger partial charge is 0.573 e. The summed E-state index contributed by atoms with van der Waals surface area (Å²) in [7, 11) is 0. The maximum atomic E-state index is 13.3. The minimum Gasteiger partial charge on any atom is -0.493 e. The maximum absolute atomic E-state index is 13.3. The molecule has 1 fully saturated rings. The molecule has 0 saturated carbocycles. The average molecular weight is 451 g/mol. The number of benzene rings is 2. The molecular weight excluding hydrogens is 423 g/mol. The Morgan fingerprint density at radius 1 is 1.19 bits per heavy atom. The zero-order chi connectivity index (χ0) is 23.1. The van der Waals surface area contributed by atoms with Gasteiger partial charge in [0.25, 0.3) is 0 Å². The van der Waals surface area contributed by atoms with Crippen LogP contribution in [0, 0.1) is 6.92 Å². The van der Waals surface area contributed by atoms with E-state index in [9.17, 15) is 18.0 Å². The number of para-hydroxylation sites is 1. The highest BCUT2D eigenvalue weighted by atomic mass is 19.4. The van der Waals surface area contributed by atoms with Gasteiger partial charge in [0.1, 0.15) is 22.8 Å². The summed E-state index contributed by atoms with van der Waals surface area (Å²) < 4.78 is 55.7. The SMILES string of the molecule is CCCCOc1cc(C2CCCCN2)c(OC(F)(F)F)c(C)c1C(=O)Oc1ccccc1. The van der Waals surface area contributed by atoms with Crippen LogP contribution in [-0.4, -0.2) is 25.5 Å². The number of nitrogens with one attached hydrogen (secondary N) is 1. The Balaban J connectivity index is 2.09. The van der Waals surface area contributed by atoms with Crippen molar-refractivity contribution in [2.75, 3.05) is 13.2 Å². The number of alkyl halides is 3. The Hall–Kier alpha value is -2.74. The summed E-state index contributed by atoms with van der Waals surface area (Å²) in [6, 6.07) is 9.52. The fraction of sp³-hybridized carbons (Fsp3) is 0.458. The third-order valence-corrected chi connectivity index (χ3v) is 5.33. The fourth-order valence-electron chi connectivity index (χ4n) is 3.76. The number of halogens is 3. The van der Waals surface area contributed by atoms with Crippen molar-refractivity contribution in [3.8, 4) is 17.2 Å². The number of hydrogen-bond donors (Lipinski definition) is 1. The van der Waals surface area contributed by atoms with Crippen LogP contribution in [0.15, 0.2) is 36.4 Å². The fourth-order valence-corrected chi connectivity index (χ4v) is 3.76. The van der Waals surface area contributed by atoms with Gasteiger partial charge in [0.15, 0.2) is 0 Å². The first-order chi connectivity index (χ1) is 15.3. The van der Waals surface area contributed by atoms with E-state index in [4.69, 9.17) is 9.47 Å². The van der Waals surface area contributed by atoms with Gasteiger partial charge in [0.2, 0.25) is 0 Å². The van der Waals surface area contributed by atoms with E-state index in [0.717, 1.165) is 25.7 Å². The lowest BCUT2D eigenvalue weighted by Gasteiger charge is -2.28. The zero-order valence-electron chi connectivity index (χ0n) is 18.3. The first kappa shape index (κ1) is 23.9. The zero-order valence-corrected chi connectivity index (χ0v) is 18.3. The monoisotopic (exact) mass is 451 g/mol.